The van der Waals surface area contributed by atoms with Crippen molar-refractivity contribution >= 4 is 11.9 Å². The van der Waals surface area contributed by atoms with Crippen LogP contribution in [0.3, 0.4) is 0 Å². The number of nitrogens with zero attached hydrogens (tertiary/aromatic N) is 3. The van der Waals surface area contributed by atoms with Crippen molar-refractivity contribution in [2.75, 3.05) is 7.11 Å². The Hall–Kier alpha value is -1.85. The van der Waals surface area contributed by atoms with Gasteiger partial charge < -0.3 is 14.2 Å². The van der Waals surface area contributed by atoms with E-state index < -0.39 is 12.0 Å². The molecule has 1 aliphatic rings. The van der Waals surface area contributed by atoms with E-state index in [1.54, 1.807) is 6.33 Å². The molecule has 92 valence electrons. The minimum absolute atomic E-state index is 0.132. The van der Waals surface area contributed by atoms with Crippen LogP contribution >= 0.6 is 0 Å². The maximum absolute atomic E-state index is 11.6. The fourth-order valence-electron chi connectivity index (χ4n) is 2.12. The number of rotatable bonds is 1. The van der Waals surface area contributed by atoms with Gasteiger partial charge in [0.1, 0.15) is 6.04 Å². The molecule has 0 radical (unpaired) electrons. The van der Waals surface area contributed by atoms with Crippen molar-refractivity contribution in [3.63, 3.8) is 0 Å². The molecule has 0 spiro atoms. The van der Waals surface area contributed by atoms with E-state index in [4.69, 9.17) is 4.74 Å². The van der Waals surface area contributed by atoms with E-state index in [0.717, 1.165) is 11.4 Å². The molecule has 6 heteroatoms. The average Bonchev–Trinajstić information content (AvgIpc) is 2.68. The van der Waals surface area contributed by atoms with Gasteiger partial charge in [0, 0.05) is 20.4 Å². The lowest BCUT2D eigenvalue weighted by molar-refractivity contribution is -0.153. The molecular formula is C11H15N3O3. The number of amides is 1. The third-order valence-electron chi connectivity index (χ3n) is 3.11. The van der Waals surface area contributed by atoms with E-state index in [1.165, 1.54) is 18.9 Å². The Labute approximate surface area is 99.2 Å². The van der Waals surface area contributed by atoms with Crippen molar-refractivity contribution in [3.05, 3.63) is 17.7 Å². The molecule has 0 bridgehead atoms. The van der Waals surface area contributed by atoms with E-state index in [0.29, 0.717) is 13.0 Å². The molecule has 1 amide bonds. The minimum atomic E-state index is -0.556. The summed E-state index contributed by atoms with van der Waals surface area (Å²) < 4.78 is 6.60. The fourth-order valence-corrected chi connectivity index (χ4v) is 2.12. The molecule has 17 heavy (non-hydrogen) atoms. The van der Waals surface area contributed by atoms with Crippen LogP contribution in [0.1, 0.15) is 18.3 Å². The van der Waals surface area contributed by atoms with Crippen LogP contribution in [0.25, 0.3) is 0 Å². The third-order valence-corrected chi connectivity index (χ3v) is 3.11. The number of esters is 1. The molecule has 2 rings (SSSR count). The van der Waals surface area contributed by atoms with Crippen LogP contribution in [0.15, 0.2) is 6.33 Å². The minimum Gasteiger partial charge on any atom is -0.467 e. The third kappa shape index (κ3) is 1.90. The molecule has 0 fully saturated rings. The molecule has 1 unspecified atom stereocenters. The van der Waals surface area contributed by atoms with Crippen molar-refractivity contribution in [3.8, 4) is 0 Å². The van der Waals surface area contributed by atoms with Crippen molar-refractivity contribution in [2.45, 2.75) is 25.9 Å². The summed E-state index contributed by atoms with van der Waals surface area (Å²) in [6, 6.07) is -0.556. The SMILES string of the molecule is COC(=O)C1Cc2ncn(C)c2CN1C(C)=O. The number of ether oxygens (including phenoxy) is 1. The largest absolute Gasteiger partial charge is 0.467 e. The lowest BCUT2D eigenvalue weighted by Gasteiger charge is -2.32. The van der Waals surface area contributed by atoms with E-state index in [9.17, 15) is 9.59 Å². The Kier molecular flexibility index (Phi) is 2.87. The van der Waals surface area contributed by atoms with Gasteiger partial charge in [-0.05, 0) is 0 Å². The lowest BCUT2D eigenvalue weighted by Crippen LogP contribution is -2.48. The Morgan fingerprint density at radius 2 is 2.24 bits per heavy atom. The highest BCUT2D eigenvalue weighted by atomic mass is 16.5. The summed E-state index contributed by atoms with van der Waals surface area (Å²) in [5.74, 6) is -0.524. The van der Waals surface area contributed by atoms with Gasteiger partial charge in [0.05, 0.1) is 31.4 Å². The van der Waals surface area contributed by atoms with Crippen LogP contribution in [0.5, 0.6) is 0 Å². The van der Waals surface area contributed by atoms with Gasteiger partial charge in [-0.2, -0.15) is 0 Å². The number of imidazole rings is 1. The van der Waals surface area contributed by atoms with Gasteiger partial charge in [-0.25, -0.2) is 9.78 Å². The Balaban J connectivity index is 2.35. The summed E-state index contributed by atoms with van der Waals surface area (Å²) in [4.78, 5) is 29.0. The van der Waals surface area contributed by atoms with Gasteiger partial charge in [-0.15, -0.1) is 0 Å². The van der Waals surface area contributed by atoms with Crippen LogP contribution in [-0.2, 0) is 34.3 Å². The molecule has 6 nitrogen and oxygen atoms in total. The number of hydrogen-bond acceptors (Lipinski definition) is 4. The summed E-state index contributed by atoms with van der Waals surface area (Å²) in [5.41, 5.74) is 1.83. The number of aryl methyl sites for hydroxylation is 1. The zero-order valence-electron chi connectivity index (χ0n) is 10.1. The quantitative estimate of drug-likeness (QED) is 0.638. The van der Waals surface area contributed by atoms with Gasteiger partial charge in [0.15, 0.2) is 0 Å². The average molecular weight is 237 g/mol. The van der Waals surface area contributed by atoms with Crippen molar-refractivity contribution < 1.29 is 14.3 Å². The first kappa shape index (κ1) is 11.6. The number of fused-ring (bicyclic) bond motifs is 1. The fraction of sp³-hybridized carbons (Fsp3) is 0.545. The van der Waals surface area contributed by atoms with E-state index in [-0.39, 0.29) is 5.91 Å². The zero-order chi connectivity index (χ0) is 12.6. The highest BCUT2D eigenvalue weighted by Crippen LogP contribution is 2.22. The summed E-state index contributed by atoms with van der Waals surface area (Å²) >= 11 is 0. The number of carbonyl (C=O) groups is 2. The van der Waals surface area contributed by atoms with Gasteiger partial charge in [-0.3, -0.25) is 4.79 Å². The number of aromatic nitrogens is 2. The molecule has 0 N–H and O–H groups in total. The topological polar surface area (TPSA) is 64.4 Å². The summed E-state index contributed by atoms with van der Waals surface area (Å²) in [5, 5.41) is 0. The van der Waals surface area contributed by atoms with Crippen molar-refractivity contribution in [1.29, 1.82) is 0 Å². The van der Waals surface area contributed by atoms with E-state index >= 15 is 0 Å². The zero-order valence-corrected chi connectivity index (χ0v) is 10.1. The molecule has 0 saturated heterocycles. The predicted octanol–water partition coefficient (Wildman–Crippen LogP) is -0.134. The van der Waals surface area contributed by atoms with E-state index in [1.807, 2.05) is 11.6 Å². The molecule has 1 aliphatic heterocycles. The van der Waals surface area contributed by atoms with Gasteiger partial charge in [0.2, 0.25) is 5.91 Å². The first-order valence-electron chi connectivity index (χ1n) is 5.38. The molecule has 0 aromatic carbocycles. The molecule has 1 aromatic heterocycles. The second-order valence-corrected chi connectivity index (χ2v) is 4.14. The lowest BCUT2D eigenvalue weighted by atomic mass is 10.0. The first-order valence-corrected chi connectivity index (χ1v) is 5.38. The second-order valence-electron chi connectivity index (χ2n) is 4.14. The molecule has 1 aromatic rings. The molecular weight excluding hydrogens is 222 g/mol. The summed E-state index contributed by atoms with van der Waals surface area (Å²) in [7, 11) is 3.21. The molecule has 0 aliphatic carbocycles. The monoisotopic (exact) mass is 237 g/mol. The van der Waals surface area contributed by atoms with Crippen LogP contribution in [-0.4, -0.2) is 39.5 Å². The maximum Gasteiger partial charge on any atom is 0.329 e. The molecule has 1 atom stereocenters. The number of methoxy groups -OCH3 is 1. The van der Waals surface area contributed by atoms with E-state index in [2.05, 4.69) is 4.98 Å². The van der Waals surface area contributed by atoms with Crippen LogP contribution in [0, 0.1) is 0 Å². The Morgan fingerprint density at radius 3 is 2.82 bits per heavy atom. The van der Waals surface area contributed by atoms with Crippen LogP contribution in [0.2, 0.25) is 0 Å². The van der Waals surface area contributed by atoms with Crippen molar-refractivity contribution in [1.82, 2.24) is 14.5 Å². The van der Waals surface area contributed by atoms with Gasteiger partial charge in [-0.1, -0.05) is 0 Å². The Morgan fingerprint density at radius 1 is 1.53 bits per heavy atom. The molecule has 0 saturated carbocycles. The number of hydrogen-bond donors (Lipinski definition) is 0. The highest BCUT2D eigenvalue weighted by Gasteiger charge is 2.35. The normalized spacial score (nSPS) is 18.8. The highest BCUT2D eigenvalue weighted by molar-refractivity contribution is 5.84. The Bertz CT molecular complexity index is 467. The standard InChI is InChI=1S/C11H15N3O3/c1-7(15)14-5-10-8(12-6-13(10)2)4-9(14)11(16)17-3/h6,9H,4-5H2,1-3H3. The first-order chi connectivity index (χ1) is 8.04. The predicted molar refractivity (Wildman–Crippen MR) is 58.9 cm³/mol. The van der Waals surface area contributed by atoms with Crippen LogP contribution < -0.4 is 0 Å². The maximum atomic E-state index is 11.6. The summed E-state index contributed by atoms with van der Waals surface area (Å²) in [6.07, 6.45) is 2.12. The van der Waals surface area contributed by atoms with Gasteiger partial charge in [0.25, 0.3) is 0 Å². The smallest absolute Gasteiger partial charge is 0.329 e. The van der Waals surface area contributed by atoms with Gasteiger partial charge >= 0.3 is 5.97 Å². The van der Waals surface area contributed by atoms with Crippen molar-refractivity contribution in [2.24, 2.45) is 7.05 Å². The molecule has 2 heterocycles. The second kappa shape index (κ2) is 4.20. The van der Waals surface area contributed by atoms with Crippen LogP contribution in [0.4, 0.5) is 0 Å². The summed E-state index contributed by atoms with van der Waals surface area (Å²) in [6.45, 7) is 1.86. The number of carbonyl (C=O) groups excluding carboxylic acids is 2.